The molecular formula is C26H29N5O3S. The van der Waals surface area contributed by atoms with Gasteiger partial charge in [0.05, 0.1) is 40.7 Å². The molecule has 0 saturated carbocycles. The Balaban J connectivity index is 1.56. The van der Waals surface area contributed by atoms with E-state index in [9.17, 15) is 14.4 Å². The third-order valence-electron chi connectivity index (χ3n) is 6.15. The Labute approximate surface area is 207 Å². The van der Waals surface area contributed by atoms with E-state index in [1.54, 1.807) is 29.5 Å². The van der Waals surface area contributed by atoms with E-state index in [2.05, 4.69) is 20.3 Å². The molecule has 0 fully saturated rings. The molecule has 0 aliphatic carbocycles. The first-order valence-corrected chi connectivity index (χ1v) is 12.7. The third-order valence-corrected chi connectivity index (χ3v) is 6.92. The number of aromatic amines is 1. The van der Waals surface area contributed by atoms with Gasteiger partial charge in [0.2, 0.25) is 0 Å². The molecule has 3 heterocycles. The quantitative estimate of drug-likeness (QED) is 0.293. The second-order valence-corrected chi connectivity index (χ2v) is 9.43. The highest BCUT2D eigenvalue weighted by atomic mass is 32.1. The fraction of sp³-hybridized carbons (Fsp3) is 0.346. The number of amides is 1. The molecule has 0 saturated heterocycles. The van der Waals surface area contributed by atoms with Crippen LogP contribution < -0.4 is 10.9 Å². The Morgan fingerprint density at radius 3 is 2.77 bits per heavy atom. The maximum atomic E-state index is 13.0. The van der Waals surface area contributed by atoms with Crippen LogP contribution in [0.1, 0.15) is 67.0 Å². The minimum absolute atomic E-state index is 0.121. The number of Topliss-reactive ketones (excluding diaryl/α,β-unsaturated/α-hetero) is 1. The average Bonchev–Trinajstić information content (AvgIpc) is 3.58. The number of para-hydroxylation sites is 1. The van der Waals surface area contributed by atoms with Crippen LogP contribution in [0.2, 0.25) is 0 Å². The number of rotatable bonds is 11. The van der Waals surface area contributed by atoms with Gasteiger partial charge in [-0.2, -0.15) is 0 Å². The van der Waals surface area contributed by atoms with E-state index in [0.717, 1.165) is 30.2 Å². The molecule has 8 nitrogen and oxygen atoms in total. The van der Waals surface area contributed by atoms with Crippen LogP contribution in [-0.2, 0) is 11.8 Å². The number of nitrogens with one attached hydrogen (secondary N) is 2. The van der Waals surface area contributed by atoms with Gasteiger partial charge in [-0.1, -0.05) is 38.0 Å². The molecule has 0 aliphatic rings. The van der Waals surface area contributed by atoms with Gasteiger partial charge in [0.1, 0.15) is 16.5 Å². The third kappa shape index (κ3) is 5.74. The molecule has 35 heavy (non-hydrogen) atoms. The second kappa shape index (κ2) is 11.2. The number of hydrogen-bond acceptors (Lipinski definition) is 6. The number of aromatic nitrogens is 4. The van der Waals surface area contributed by atoms with Crippen LogP contribution in [-0.4, -0.2) is 31.2 Å². The van der Waals surface area contributed by atoms with Crippen LogP contribution in [0.4, 0.5) is 0 Å². The van der Waals surface area contributed by atoms with Gasteiger partial charge in [-0.3, -0.25) is 19.4 Å². The summed E-state index contributed by atoms with van der Waals surface area (Å²) in [5.41, 5.74) is 3.49. The Bertz CT molecular complexity index is 1370. The standard InChI is InChI=1S/C26H29N5O3S/c1-3-18(32)10-5-4-6-11-20(30-25(33)23-15-27-16-35-23)24-28-14-21(29-24)19-13-17-9-7-8-12-22(17)31(2)26(19)34/h7-9,12-16,20H,3-6,10-11H2,1-2H3,(H,28,29)(H,30,33)/t20-/m0/s1. The number of benzene rings is 1. The predicted octanol–water partition coefficient (Wildman–Crippen LogP) is 4.79. The fourth-order valence-corrected chi connectivity index (χ4v) is 4.65. The zero-order chi connectivity index (χ0) is 24.8. The van der Waals surface area contributed by atoms with Crippen molar-refractivity contribution in [2.45, 2.75) is 51.5 Å². The lowest BCUT2D eigenvalue weighted by atomic mass is 10.0. The molecule has 0 aliphatic heterocycles. The molecule has 4 rings (SSSR count). The molecule has 1 atom stereocenters. The predicted molar refractivity (Wildman–Crippen MR) is 137 cm³/mol. The number of carbonyl (C=O) groups is 2. The first kappa shape index (κ1) is 24.5. The number of unbranched alkanes of at least 4 members (excludes halogenated alkanes) is 2. The van der Waals surface area contributed by atoms with Gasteiger partial charge >= 0.3 is 0 Å². The average molecular weight is 492 g/mol. The number of imidazole rings is 1. The van der Waals surface area contributed by atoms with Crippen LogP contribution in [0.25, 0.3) is 22.2 Å². The van der Waals surface area contributed by atoms with Crippen LogP contribution in [0, 0.1) is 0 Å². The number of hydrogen-bond donors (Lipinski definition) is 2. The van der Waals surface area contributed by atoms with Crippen molar-refractivity contribution >= 4 is 33.9 Å². The number of thiazole rings is 1. The molecule has 0 unspecified atom stereocenters. The first-order chi connectivity index (χ1) is 17.0. The maximum Gasteiger partial charge on any atom is 0.263 e. The molecule has 1 amide bonds. The van der Waals surface area contributed by atoms with Gasteiger partial charge in [0, 0.05) is 19.9 Å². The largest absolute Gasteiger partial charge is 0.341 e. The van der Waals surface area contributed by atoms with Gasteiger partial charge in [0.25, 0.3) is 11.5 Å². The van der Waals surface area contributed by atoms with Gasteiger partial charge in [-0.15, -0.1) is 11.3 Å². The fourth-order valence-electron chi connectivity index (χ4n) is 4.12. The van der Waals surface area contributed by atoms with Crippen LogP contribution in [0.3, 0.4) is 0 Å². The summed E-state index contributed by atoms with van der Waals surface area (Å²) in [5.74, 6) is 0.656. The summed E-state index contributed by atoms with van der Waals surface area (Å²) >= 11 is 1.28. The Morgan fingerprint density at radius 2 is 2.00 bits per heavy atom. The number of nitrogens with zero attached hydrogens (tertiary/aromatic N) is 3. The van der Waals surface area contributed by atoms with Crippen LogP contribution >= 0.6 is 11.3 Å². The first-order valence-electron chi connectivity index (χ1n) is 11.8. The molecular weight excluding hydrogens is 462 g/mol. The van der Waals surface area contributed by atoms with Crippen molar-refractivity contribution in [3.8, 4) is 11.3 Å². The molecule has 0 spiro atoms. The maximum absolute atomic E-state index is 13.0. The van der Waals surface area contributed by atoms with Gasteiger partial charge in [-0.05, 0) is 30.4 Å². The summed E-state index contributed by atoms with van der Waals surface area (Å²) in [4.78, 5) is 49.7. The van der Waals surface area contributed by atoms with Crippen molar-refractivity contribution in [2.75, 3.05) is 0 Å². The second-order valence-electron chi connectivity index (χ2n) is 8.55. The van der Waals surface area contributed by atoms with E-state index in [1.165, 1.54) is 11.3 Å². The van der Waals surface area contributed by atoms with Crippen molar-refractivity contribution in [1.29, 1.82) is 0 Å². The lowest BCUT2D eigenvalue weighted by Gasteiger charge is -2.16. The van der Waals surface area contributed by atoms with Gasteiger partial charge in [-0.25, -0.2) is 4.98 Å². The smallest absolute Gasteiger partial charge is 0.263 e. The van der Waals surface area contributed by atoms with E-state index >= 15 is 0 Å². The molecule has 9 heteroatoms. The van der Waals surface area contributed by atoms with E-state index in [-0.39, 0.29) is 23.3 Å². The van der Waals surface area contributed by atoms with Crippen molar-refractivity contribution < 1.29 is 9.59 Å². The van der Waals surface area contributed by atoms with Crippen molar-refractivity contribution in [3.05, 3.63) is 69.3 Å². The van der Waals surface area contributed by atoms with E-state index < -0.39 is 0 Å². The summed E-state index contributed by atoms with van der Waals surface area (Å²) in [7, 11) is 1.76. The summed E-state index contributed by atoms with van der Waals surface area (Å²) in [6.07, 6.45) is 7.55. The van der Waals surface area contributed by atoms with E-state index in [4.69, 9.17) is 0 Å². The van der Waals surface area contributed by atoms with Gasteiger partial charge < -0.3 is 14.9 Å². The lowest BCUT2D eigenvalue weighted by Crippen LogP contribution is -2.28. The minimum Gasteiger partial charge on any atom is -0.341 e. The molecule has 1 aromatic carbocycles. The summed E-state index contributed by atoms with van der Waals surface area (Å²) < 4.78 is 1.63. The zero-order valence-electron chi connectivity index (χ0n) is 19.9. The summed E-state index contributed by atoms with van der Waals surface area (Å²) in [6.45, 7) is 1.88. The zero-order valence-corrected chi connectivity index (χ0v) is 20.7. The summed E-state index contributed by atoms with van der Waals surface area (Å²) in [5, 5.41) is 4.01. The molecule has 2 N–H and O–H groups in total. The molecule has 0 bridgehead atoms. The number of H-pyrrole nitrogens is 1. The highest BCUT2D eigenvalue weighted by molar-refractivity contribution is 7.11. The number of ketones is 1. The molecule has 4 aromatic rings. The SMILES string of the molecule is CCC(=O)CCCCC[C@H](NC(=O)c1cncs1)c1ncc(-c2cc3ccccc3n(C)c2=O)[nH]1. The van der Waals surface area contributed by atoms with E-state index in [1.807, 2.05) is 37.3 Å². The Morgan fingerprint density at radius 1 is 1.17 bits per heavy atom. The topological polar surface area (TPSA) is 110 Å². The highest BCUT2D eigenvalue weighted by Crippen LogP contribution is 2.24. The Kier molecular flexibility index (Phi) is 7.87. The van der Waals surface area contributed by atoms with Crippen LogP contribution in [0.15, 0.2) is 53.0 Å². The minimum atomic E-state index is -0.357. The number of carbonyl (C=O) groups excluding carboxylic acids is 2. The number of aryl methyl sites for hydroxylation is 1. The number of fused-ring (bicyclic) bond motifs is 1. The lowest BCUT2D eigenvalue weighted by molar-refractivity contribution is -0.118. The highest BCUT2D eigenvalue weighted by Gasteiger charge is 2.21. The Hall–Kier alpha value is -3.59. The number of pyridine rings is 1. The molecule has 3 aromatic heterocycles. The van der Waals surface area contributed by atoms with E-state index in [0.29, 0.717) is 41.2 Å². The summed E-state index contributed by atoms with van der Waals surface area (Å²) in [6, 6.07) is 9.24. The van der Waals surface area contributed by atoms with Gasteiger partial charge in [0.15, 0.2) is 0 Å². The van der Waals surface area contributed by atoms with Crippen molar-refractivity contribution in [1.82, 2.24) is 24.8 Å². The monoisotopic (exact) mass is 491 g/mol. The normalized spacial score (nSPS) is 12.1. The van der Waals surface area contributed by atoms with Crippen LogP contribution in [0.5, 0.6) is 0 Å². The van der Waals surface area contributed by atoms with Crippen molar-refractivity contribution in [2.24, 2.45) is 7.05 Å². The molecule has 182 valence electrons. The molecule has 0 radical (unpaired) electrons. The van der Waals surface area contributed by atoms with Crippen molar-refractivity contribution in [3.63, 3.8) is 0 Å².